The molecule has 1 aromatic carbocycles. The summed E-state index contributed by atoms with van der Waals surface area (Å²) in [7, 11) is 0. The Morgan fingerprint density at radius 1 is 1.44 bits per heavy atom. The van der Waals surface area contributed by atoms with E-state index in [2.05, 4.69) is 28.2 Å². The van der Waals surface area contributed by atoms with Crippen molar-refractivity contribution in [3.63, 3.8) is 0 Å². The van der Waals surface area contributed by atoms with Crippen LogP contribution in [0.2, 0.25) is 0 Å². The van der Waals surface area contributed by atoms with Gasteiger partial charge in [-0.15, -0.1) is 0 Å². The fourth-order valence-electron chi connectivity index (χ4n) is 1.48. The Hall–Kier alpha value is -0.580. The second kappa shape index (κ2) is 6.89. The average molecular weight is 288 g/mol. The van der Waals surface area contributed by atoms with Crippen molar-refractivity contribution in [1.29, 1.82) is 0 Å². The highest BCUT2D eigenvalue weighted by Gasteiger charge is 2.04. The molecule has 4 heteroatoms. The van der Waals surface area contributed by atoms with Crippen molar-refractivity contribution in [3.8, 4) is 5.75 Å². The molecular weight excluding hydrogens is 270 g/mol. The van der Waals surface area contributed by atoms with Crippen molar-refractivity contribution in [1.82, 2.24) is 5.32 Å². The van der Waals surface area contributed by atoms with E-state index in [1.165, 1.54) is 0 Å². The number of halogens is 1. The highest BCUT2D eigenvalue weighted by atomic mass is 79.9. The van der Waals surface area contributed by atoms with E-state index in [1.807, 2.05) is 6.07 Å². The van der Waals surface area contributed by atoms with Crippen molar-refractivity contribution in [2.45, 2.75) is 32.4 Å². The minimum atomic E-state index is 0.238. The van der Waals surface area contributed by atoms with E-state index in [4.69, 9.17) is 5.11 Å². The molecule has 0 radical (unpaired) electrons. The second-order valence-corrected chi connectivity index (χ2v) is 4.78. The van der Waals surface area contributed by atoms with E-state index in [0.29, 0.717) is 12.6 Å². The number of phenols is 1. The van der Waals surface area contributed by atoms with Gasteiger partial charge in [0.05, 0.1) is 0 Å². The number of hydrogen-bond acceptors (Lipinski definition) is 3. The summed E-state index contributed by atoms with van der Waals surface area (Å²) in [5.74, 6) is 0.281. The Bertz CT molecular complexity index is 331. The quantitative estimate of drug-likeness (QED) is 0.753. The lowest BCUT2D eigenvalue weighted by Gasteiger charge is -2.14. The molecule has 1 rings (SSSR count). The summed E-state index contributed by atoms with van der Waals surface area (Å²) in [6, 6.07) is 5.60. The van der Waals surface area contributed by atoms with E-state index in [1.54, 1.807) is 12.1 Å². The highest BCUT2D eigenvalue weighted by molar-refractivity contribution is 9.10. The predicted molar refractivity (Wildman–Crippen MR) is 68.4 cm³/mol. The maximum Gasteiger partial charge on any atom is 0.115 e. The zero-order valence-electron chi connectivity index (χ0n) is 9.41. The van der Waals surface area contributed by atoms with Crippen LogP contribution in [0.25, 0.3) is 0 Å². The molecule has 90 valence electrons. The Morgan fingerprint density at radius 2 is 2.19 bits per heavy atom. The van der Waals surface area contributed by atoms with Gasteiger partial charge in [-0.2, -0.15) is 0 Å². The summed E-state index contributed by atoms with van der Waals surface area (Å²) in [5.41, 5.74) is 1.04. The summed E-state index contributed by atoms with van der Waals surface area (Å²) in [4.78, 5) is 0. The molecule has 3 nitrogen and oxygen atoms in total. The van der Waals surface area contributed by atoms with E-state index < -0.39 is 0 Å². The molecule has 3 N–H and O–H groups in total. The molecule has 0 heterocycles. The first-order valence-electron chi connectivity index (χ1n) is 5.45. The van der Waals surface area contributed by atoms with Crippen LogP contribution >= 0.6 is 15.9 Å². The Morgan fingerprint density at radius 3 is 2.88 bits per heavy atom. The molecule has 0 aromatic heterocycles. The first-order chi connectivity index (χ1) is 7.63. The smallest absolute Gasteiger partial charge is 0.115 e. The van der Waals surface area contributed by atoms with E-state index in [9.17, 15) is 5.11 Å². The molecule has 1 atom stereocenters. The van der Waals surface area contributed by atoms with Crippen LogP contribution in [0.3, 0.4) is 0 Å². The summed E-state index contributed by atoms with van der Waals surface area (Å²) in [5, 5.41) is 21.4. The van der Waals surface area contributed by atoms with Crippen LogP contribution in [-0.4, -0.2) is 22.9 Å². The van der Waals surface area contributed by atoms with Gasteiger partial charge in [0.2, 0.25) is 0 Å². The largest absolute Gasteiger partial charge is 0.508 e. The number of rotatable bonds is 6. The number of hydrogen-bond donors (Lipinski definition) is 3. The molecule has 0 bridgehead atoms. The van der Waals surface area contributed by atoms with E-state index in [0.717, 1.165) is 22.9 Å². The molecule has 0 aliphatic carbocycles. The maximum absolute atomic E-state index is 9.36. The van der Waals surface area contributed by atoms with Crippen LogP contribution in [0.15, 0.2) is 22.7 Å². The van der Waals surface area contributed by atoms with Gasteiger partial charge < -0.3 is 15.5 Å². The second-order valence-electron chi connectivity index (χ2n) is 3.92. The summed E-state index contributed by atoms with van der Waals surface area (Å²) in [6.45, 7) is 3.04. The standard InChI is InChI=1S/C12H18BrNO2/c1-9(3-2-6-15)14-8-10-7-11(16)4-5-12(10)13/h4-5,7,9,14-16H,2-3,6,8H2,1H3. The third-order valence-corrected chi connectivity index (χ3v) is 3.24. The third kappa shape index (κ3) is 4.51. The van der Waals surface area contributed by atoms with Crippen LogP contribution in [0.5, 0.6) is 5.75 Å². The van der Waals surface area contributed by atoms with E-state index in [-0.39, 0.29) is 12.4 Å². The monoisotopic (exact) mass is 287 g/mol. The van der Waals surface area contributed by atoms with Crippen molar-refractivity contribution < 1.29 is 10.2 Å². The number of aliphatic hydroxyl groups is 1. The predicted octanol–water partition coefficient (Wildman–Crippen LogP) is 2.41. The zero-order chi connectivity index (χ0) is 12.0. The SMILES string of the molecule is CC(CCCO)NCc1cc(O)ccc1Br. The molecule has 0 saturated carbocycles. The number of aromatic hydroxyl groups is 1. The van der Waals surface area contributed by atoms with Gasteiger partial charge in [-0.25, -0.2) is 0 Å². The molecule has 16 heavy (non-hydrogen) atoms. The van der Waals surface area contributed by atoms with Crippen LogP contribution in [0.1, 0.15) is 25.3 Å². The third-order valence-electron chi connectivity index (χ3n) is 2.47. The van der Waals surface area contributed by atoms with Crippen LogP contribution in [0.4, 0.5) is 0 Å². The zero-order valence-corrected chi connectivity index (χ0v) is 11.0. The first kappa shape index (κ1) is 13.5. The van der Waals surface area contributed by atoms with Gasteiger partial charge in [0.15, 0.2) is 0 Å². The summed E-state index contributed by atoms with van der Waals surface area (Å²) in [6.07, 6.45) is 1.77. The topological polar surface area (TPSA) is 52.5 Å². The molecule has 0 aliphatic heterocycles. The fourth-order valence-corrected chi connectivity index (χ4v) is 1.87. The van der Waals surface area contributed by atoms with Crippen molar-refractivity contribution in [3.05, 3.63) is 28.2 Å². The Labute approximate surface area is 105 Å². The summed E-state index contributed by atoms with van der Waals surface area (Å²) < 4.78 is 0.993. The number of aliphatic hydroxyl groups excluding tert-OH is 1. The minimum Gasteiger partial charge on any atom is -0.508 e. The molecule has 0 amide bonds. The number of phenolic OH excluding ortho intramolecular Hbond substituents is 1. The molecule has 0 saturated heterocycles. The van der Waals surface area contributed by atoms with Crippen molar-refractivity contribution >= 4 is 15.9 Å². The minimum absolute atomic E-state index is 0.238. The van der Waals surface area contributed by atoms with Crippen LogP contribution in [-0.2, 0) is 6.54 Å². The van der Waals surface area contributed by atoms with Crippen LogP contribution in [0, 0.1) is 0 Å². The lowest BCUT2D eigenvalue weighted by atomic mass is 10.1. The van der Waals surface area contributed by atoms with Crippen molar-refractivity contribution in [2.24, 2.45) is 0 Å². The number of benzene rings is 1. The maximum atomic E-state index is 9.36. The van der Waals surface area contributed by atoms with Gasteiger partial charge in [0, 0.05) is 23.7 Å². The van der Waals surface area contributed by atoms with Gasteiger partial charge in [0.25, 0.3) is 0 Å². The van der Waals surface area contributed by atoms with Gasteiger partial charge in [0.1, 0.15) is 5.75 Å². The number of nitrogens with one attached hydrogen (secondary N) is 1. The van der Waals surface area contributed by atoms with Gasteiger partial charge in [-0.05, 0) is 43.5 Å². The molecular formula is C12H18BrNO2. The highest BCUT2D eigenvalue weighted by Crippen LogP contribution is 2.21. The summed E-state index contributed by atoms with van der Waals surface area (Å²) >= 11 is 3.44. The van der Waals surface area contributed by atoms with Gasteiger partial charge in [-0.3, -0.25) is 0 Å². The first-order valence-corrected chi connectivity index (χ1v) is 6.24. The fraction of sp³-hybridized carbons (Fsp3) is 0.500. The van der Waals surface area contributed by atoms with Gasteiger partial charge in [-0.1, -0.05) is 15.9 Å². The van der Waals surface area contributed by atoms with E-state index >= 15 is 0 Å². The lowest BCUT2D eigenvalue weighted by molar-refractivity contribution is 0.276. The lowest BCUT2D eigenvalue weighted by Crippen LogP contribution is -2.25. The molecule has 1 unspecified atom stereocenters. The molecule has 1 aromatic rings. The molecule has 0 aliphatic rings. The van der Waals surface area contributed by atoms with Crippen LogP contribution < -0.4 is 5.32 Å². The average Bonchev–Trinajstić information content (AvgIpc) is 2.27. The normalized spacial score (nSPS) is 12.7. The Balaban J connectivity index is 2.44. The Kier molecular flexibility index (Phi) is 5.80. The van der Waals surface area contributed by atoms with Crippen molar-refractivity contribution in [2.75, 3.05) is 6.61 Å². The molecule has 0 spiro atoms. The molecule has 0 fully saturated rings. The van der Waals surface area contributed by atoms with Gasteiger partial charge >= 0.3 is 0 Å².